The van der Waals surface area contributed by atoms with Gasteiger partial charge in [0.25, 0.3) is 5.91 Å². The summed E-state index contributed by atoms with van der Waals surface area (Å²) in [4.78, 5) is 19.6. The van der Waals surface area contributed by atoms with Crippen LogP contribution in [0.1, 0.15) is 40.5 Å². The lowest BCUT2D eigenvalue weighted by Gasteiger charge is -2.24. The van der Waals surface area contributed by atoms with Gasteiger partial charge in [0.15, 0.2) is 0 Å². The van der Waals surface area contributed by atoms with Crippen LogP contribution in [0.2, 0.25) is 0 Å². The summed E-state index contributed by atoms with van der Waals surface area (Å²) in [5.41, 5.74) is 2.63. The minimum atomic E-state index is -0.00272. The zero-order valence-corrected chi connectivity index (χ0v) is 18.7. The number of hydrogen-bond acceptors (Lipinski definition) is 5. The number of aromatic nitrogens is 1. The first-order valence-corrected chi connectivity index (χ1v) is 10.9. The molecule has 0 saturated heterocycles. The van der Waals surface area contributed by atoms with Crippen molar-refractivity contribution >= 4 is 17.2 Å². The summed E-state index contributed by atoms with van der Waals surface area (Å²) >= 11 is 1.56. The van der Waals surface area contributed by atoms with Gasteiger partial charge in [0.05, 0.1) is 19.3 Å². The molecule has 30 heavy (non-hydrogen) atoms. The number of carbonyl (C=O) groups excluding carboxylic acids is 1. The van der Waals surface area contributed by atoms with Crippen LogP contribution in [0.3, 0.4) is 0 Å². The number of para-hydroxylation sites is 1. The quantitative estimate of drug-likeness (QED) is 0.465. The van der Waals surface area contributed by atoms with Crippen molar-refractivity contribution in [3.8, 4) is 11.5 Å². The van der Waals surface area contributed by atoms with Crippen LogP contribution in [0.15, 0.2) is 53.9 Å². The number of carbonyl (C=O) groups is 1. The van der Waals surface area contributed by atoms with Crippen molar-refractivity contribution in [2.24, 2.45) is 5.92 Å². The fourth-order valence-electron chi connectivity index (χ4n) is 3.12. The number of methoxy groups -OCH3 is 1. The molecule has 0 saturated carbocycles. The summed E-state index contributed by atoms with van der Waals surface area (Å²) in [5.74, 6) is 1.96. The molecule has 0 fully saturated rings. The Bertz CT molecular complexity index is 967. The van der Waals surface area contributed by atoms with E-state index in [1.165, 1.54) is 0 Å². The number of amides is 1. The van der Waals surface area contributed by atoms with E-state index < -0.39 is 0 Å². The average Bonchev–Trinajstić information content (AvgIpc) is 3.19. The first kappa shape index (κ1) is 21.8. The second-order valence-electron chi connectivity index (χ2n) is 7.59. The monoisotopic (exact) mass is 424 g/mol. The first-order chi connectivity index (χ1) is 14.5. The fourth-order valence-corrected chi connectivity index (χ4v) is 3.81. The molecule has 3 rings (SSSR count). The number of nitrogens with zero attached hydrogens (tertiary/aromatic N) is 2. The topological polar surface area (TPSA) is 51.7 Å². The Balaban J connectivity index is 1.67. The number of ether oxygens (including phenoxy) is 2. The van der Waals surface area contributed by atoms with Gasteiger partial charge in [-0.15, -0.1) is 11.3 Å². The molecular formula is C24H28N2O3S. The van der Waals surface area contributed by atoms with Gasteiger partial charge >= 0.3 is 0 Å². The third-order valence-electron chi connectivity index (χ3n) is 4.61. The van der Waals surface area contributed by atoms with E-state index in [9.17, 15) is 4.79 Å². The van der Waals surface area contributed by atoms with Crippen LogP contribution in [0, 0.1) is 12.8 Å². The Morgan fingerprint density at radius 3 is 2.53 bits per heavy atom. The van der Waals surface area contributed by atoms with Crippen molar-refractivity contribution in [1.82, 2.24) is 9.88 Å². The molecule has 0 atom stereocenters. The molecule has 0 aliphatic carbocycles. The van der Waals surface area contributed by atoms with E-state index in [-0.39, 0.29) is 5.91 Å². The van der Waals surface area contributed by atoms with Gasteiger partial charge in [0.1, 0.15) is 23.1 Å². The van der Waals surface area contributed by atoms with Gasteiger partial charge in [0, 0.05) is 17.5 Å². The largest absolute Gasteiger partial charge is 0.497 e. The van der Waals surface area contributed by atoms with Gasteiger partial charge in [-0.3, -0.25) is 4.79 Å². The Hall–Kier alpha value is -2.86. The molecule has 1 heterocycles. The molecule has 1 aromatic heterocycles. The number of hydrogen-bond donors (Lipinski definition) is 0. The number of benzene rings is 2. The molecule has 5 nitrogen and oxygen atoms in total. The van der Waals surface area contributed by atoms with Crippen molar-refractivity contribution in [3.63, 3.8) is 0 Å². The van der Waals surface area contributed by atoms with Gasteiger partial charge in [-0.05, 0) is 48.7 Å². The molecule has 158 valence electrons. The van der Waals surface area contributed by atoms with Gasteiger partial charge in [-0.1, -0.05) is 32.0 Å². The Kier molecular flexibility index (Phi) is 7.46. The lowest BCUT2D eigenvalue weighted by molar-refractivity contribution is 0.0720. The smallest absolute Gasteiger partial charge is 0.254 e. The molecule has 0 radical (unpaired) electrons. The van der Waals surface area contributed by atoms with E-state index in [0.29, 0.717) is 31.2 Å². The molecule has 0 aliphatic rings. The molecule has 6 heteroatoms. The first-order valence-electron chi connectivity index (χ1n) is 10.0. The third-order valence-corrected chi connectivity index (χ3v) is 5.48. The highest BCUT2D eigenvalue weighted by Gasteiger charge is 2.19. The fraction of sp³-hybridized carbons (Fsp3) is 0.333. The molecule has 2 aromatic carbocycles. The van der Waals surface area contributed by atoms with Crippen molar-refractivity contribution in [3.05, 3.63) is 75.7 Å². The van der Waals surface area contributed by atoms with Crippen LogP contribution < -0.4 is 9.47 Å². The van der Waals surface area contributed by atoms with Crippen molar-refractivity contribution < 1.29 is 14.3 Å². The van der Waals surface area contributed by atoms with Crippen molar-refractivity contribution in [2.45, 2.75) is 33.9 Å². The molecule has 0 spiro atoms. The Morgan fingerprint density at radius 2 is 1.87 bits per heavy atom. The second kappa shape index (κ2) is 10.3. The van der Waals surface area contributed by atoms with Gasteiger partial charge in [-0.25, -0.2) is 4.98 Å². The van der Waals surface area contributed by atoms with Crippen LogP contribution in [0.4, 0.5) is 0 Å². The van der Waals surface area contributed by atoms with Crippen LogP contribution in [0.5, 0.6) is 11.5 Å². The third kappa shape index (κ3) is 5.83. The van der Waals surface area contributed by atoms with E-state index in [1.54, 1.807) is 30.6 Å². The predicted molar refractivity (Wildman–Crippen MR) is 120 cm³/mol. The summed E-state index contributed by atoms with van der Waals surface area (Å²) < 4.78 is 11.1. The van der Waals surface area contributed by atoms with E-state index in [4.69, 9.17) is 9.47 Å². The normalized spacial score (nSPS) is 10.8. The van der Waals surface area contributed by atoms with E-state index in [1.807, 2.05) is 53.6 Å². The summed E-state index contributed by atoms with van der Waals surface area (Å²) in [7, 11) is 1.62. The molecule has 0 N–H and O–H groups in total. The van der Waals surface area contributed by atoms with Crippen LogP contribution >= 0.6 is 11.3 Å². The molecule has 1 amide bonds. The maximum absolute atomic E-state index is 13.1. The lowest BCUT2D eigenvalue weighted by atomic mass is 10.1. The number of rotatable bonds is 9. The van der Waals surface area contributed by atoms with Crippen molar-refractivity contribution in [1.29, 1.82) is 0 Å². The van der Waals surface area contributed by atoms with Crippen molar-refractivity contribution in [2.75, 3.05) is 13.7 Å². The standard InChI is InChI=1S/C24H28N2O3S/c1-17(2)13-26(24(27)19-9-11-21(28-4)12-10-19)14-20-16-30-23(25-20)15-29-22-8-6-5-7-18(22)3/h5-12,16-17H,13-15H2,1-4H3. The highest BCUT2D eigenvalue weighted by atomic mass is 32.1. The second-order valence-corrected chi connectivity index (χ2v) is 8.54. The lowest BCUT2D eigenvalue weighted by Crippen LogP contribution is -2.33. The maximum atomic E-state index is 13.1. The summed E-state index contributed by atoms with van der Waals surface area (Å²) in [5, 5.41) is 2.90. The Morgan fingerprint density at radius 1 is 1.13 bits per heavy atom. The molecule has 0 bridgehead atoms. The predicted octanol–water partition coefficient (Wildman–Crippen LogP) is 5.34. The molecule has 0 unspecified atom stereocenters. The van der Waals surface area contributed by atoms with Crippen LogP contribution in [-0.4, -0.2) is 29.4 Å². The van der Waals surface area contributed by atoms with Gasteiger partial charge in [0.2, 0.25) is 0 Å². The highest BCUT2D eigenvalue weighted by Crippen LogP contribution is 2.21. The molecule has 0 aliphatic heterocycles. The van der Waals surface area contributed by atoms with Gasteiger partial charge in [-0.2, -0.15) is 0 Å². The van der Waals surface area contributed by atoms with Crippen LogP contribution in [0.25, 0.3) is 0 Å². The van der Waals surface area contributed by atoms with Crippen LogP contribution in [-0.2, 0) is 13.2 Å². The minimum absolute atomic E-state index is 0.00272. The summed E-state index contributed by atoms with van der Waals surface area (Å²) in [6, 6.07) is 15.2. The van der Waals surface area contributed by atoms with E-state index in [2.05, 4.69) is 18.8 Å². The molecule has 3 aromatic rings. The summed E-state index contributed by atoms with van der Waals surface area (Å²) in [6.07, 6.45) is 0. The zero-order chi connectivity index (χ0) is 21.5. The SMILES string of the molecule is COc1ccc(C(=O)N(Cc2csc(COc3ccccc3C)n2)CC(C)C)cc1. The maximum Gasteiger partial charge on any atom is 0.254 e. The summed E-state index contributed by atoms with van der Waals surface area (Å²) in [6.45, 7) is 7.80. The van der Waals surface area contributed by atoms with E-state index in [0.717, 1.165) is 27.8 Å². The zero-order valence-electron chi connectivity index (χ0n) is 17.9. The highest BCUT2D eigenvalue weighted by molar-refractivity contribution is 7.09. The molecular weight excluding hydrogens is 396 g/mol. The minimum Gasteiger partial charge on any atom is -0.497 e. The van der Waals surface area contributed by atoms with Gasteiger partial charge < -0.3 is 14.4 Å². The average molecular weight is 425 g/mol. The van der Waals surface area contributed by atoms with E-state index >= 15 is 0 Å². The number of thiazole rings is 1. The number of aryl methyl sites for hydroxylation is 1. The Labute approximate surface area is 182 Å².